The van der Waals surface area contributed by atoms with E-state index in [1.54, 1.807) is 12.4 Å². The van der Waals surface area contributed by atoms with Gasteiger partial charge in [0.2, 0.25) is 5.95 Å². The van der Waals surface area contributed by atoms with Crippen molar-refractivity contribution in [3.05, 3.63) is 42.2 Å². The molecule has 2 aromatic rings. The zero-order valence-electron chi connectivity index (χ0n) is 13.7. The second kappa shape index (κ2) is 6.14. The lowest BCUT2D eigenvalue weighted by atomic mass is 10.0. The molecule has 0 radical (unpaired) electrons. The Labute approximate surface area is 140 Å². The summed E-state index contributed by atoms with van der Waals surface area (Å²) in [4.78, 5) is 33.7. The number of aryl methyl sites for hydroxylation is 1. The highest BCUT2D eigenvalue weighted by Crippen LogP contribution is 2.33. The summed E-state index contributed by atoms with van der Waals surface area (Å²) in [6, 6.07) is 0. The van der Waals surface area contributed by atoms with Crippen LogP contribution in [0.2, 0.25) is 0 Å². The van der Waals surface area contributed by atoms with Crippen LogP contribution in [0.15, 0.2) is 31.0 Å². The van der Waals surface area contributed by atoms with Crippen LogP contribution in [0.3, 0.4) is 0 Å². The standard InChI is InChI=1S/C17H20N6O/c1-2-12-5-20-17(21-6-12)23-10-13-8-22(9-14(13)11-23)16(24)15-7-18-3-4-19-15/h3-7,13-14H,2,8-11H2,1H3/t13-,14+. The number of carbonyl (C=O) groups excluding carboxylic acids is 1. The minimum Gasteiger partial charge on any atom is -0.340 e. The molecule has 2 aliphatic rings. The zero-order chi connectivity index (χ0) is 16.5. The van der Waals surface area contributed by atoms with Crippen LogP contribution in [-0.4, -0.2) is 56.9 Å². The van der Waals surface area contributed by atoms with Crippen molar-refractivity contribution >= 4 is 11.9 Å². The molecule has 4 heterocycles. The molecule has 0 aliphatic carbocycles. The van der Waals surface area contributed by atoms with Crippen LogP contribution in [0.1, 0.15) is 23.0 Å². The van der Waals surface area contributed by atoms with E-state index in [0.29, 0.717) is 17.5 Å². The van der Waals surface area contributed by atoms with Crippen molar-refractivity contribution < 1.29 is 4.79 Å². The van der Waals surface area contributed by atoms with Gasteiger partial charge in [0.1, 0.15) is 5.69 Å². The van der Waals surface area contributed by atoms with Gasteiger partial charge in [-0.2, -0.15) is 0 Å². The minimum atomic E-state index is -0.0207. The summed E-state index contributed by atoms with van der Waals surface area (Å²) in [7, 11) is 0. The third-order valence-electron chi connectivity index (χ3n) is 4.94. The molecule has 2 aromatic heterocycles. The van der Waals surface area contributed by atoms with Crippen molar-refractivity contribution in [2.75, 3.05) is 31.1 Å². The Morgan fingerprint density at radius 2 is 1.75 bits per heavy atom. The van der Waals surface area contributed by atoms with E-state index >= 15 is 0 Å². The van der Waals surface area contributed by atoms with Crippen molar-refractivity contribution in [1.29, 1.82) is 0 Å². The van der Waals surface area contributed by atoms with Crippen molar-refractivity contribution in [1.82, 2.24) is 24.8 Å². The normalized spacial score (nSPS) is 22.7. The molecule has 4 rings (SSSR count). The van der Waals surface area contributed by atoms with Crippen LogP contribution in [0.25, 0.3) is 0 Å². The van der Waals surface area contributed by atoms with Gasteiger partial charge < -0.3 is 9.80 Å². The van der Waals surface area contributed by atoms with Gasteiger partial charge in [-0.1, -0.05) is 6.92 Å². The number of amides is 1. The van der Waals surface area contributed by atoms with Gasteiger partial charge in [-0.25, -0.2) is 15.0 Å². The Balaban J connectivity index is 1.40. The molecule has 24 heavy (non-hydrogen) atoms. The number of hydrogen-bond donors (Lipinski definition) is 0. The highest BCUT2D eigenvalue weighted by molar-refractivity contribution is 5.92. The van der Waals surface area contributed by atoms with Crippen molar-refractivity contribution in [3.8, 4) is 0 Å². The summed E-state index contributed by atoms with van der Waals surface area (Å²) in [6.45, 7) is 5.44. The number of likely N-dealkylation sites (tertiary alicyclic amines) is 1. The molecule has 7 heteroatoms. The molecule has 1 amide bonds. The number of nitrogens with zero attached hydrogens (tertiary/aromatic N) is 6. The van der Waals surface area contributed by atoms with Gasteiger partial charge in [-0.05, 0) is 12.0 Å². The van der Waals surface area contributed by atoms with Crippen molar-refractivity contribution in [2.45, 2.75) is 13.3 Å². The monoisotopic (exact) mass is 324 g/mol. The highest BCUT2D eigenvalue weighted by atomic mass is 16.2. The van der Waals surface area contributed by atoms with E-state index in [4.69, 9.17) is 0 Å². The fraction of sp³-hybridized carbons (Fsp3) is 0.471. The largest absolute Gasteiger partial charge is 0.340 e. The first kappa shape index (κ1) is 15.0. The van der Waals surface area contributed by atoms with Gasteiger partial charge in [0.25, 0.3) is 5.91 Å². The first-order valence-electron chi connectivity index (χ1n) is 8.35. The molecular formula is C17H20N6O. The summed E-state index contributed by atoms with van der Waals surface area (Å²) in [5.41, 5.74) is 1.58. The zero-order valence-corrected chi connectivity index (χ0v) is 13.7. The van der Waals surface area contributed by atoms with Crippen LogP contribution in [0.4, 0.5) is 5.95 Å². The van der Waals surface area contributed by atoms with E-state index in [0.717, 1.165) is 44.1 Å². The predicted molar refractivity (Wildman–Crippen MR) is 88.5 cm³/mol. The Morgan fingerprint density at radius 3 is 2.33 bits per heavy atom. The lowest BCUT2D eigenvalue weighted by molar-refractivity contribution is 0.0776. The second-order valence-corrected chi connectivity index (χ2v) is 6.47. The summed E-state index contributed by atoms with van der Waals surface area (Å²) in [6.07, 6.45) is 9.43. The van der Waals surface area contributed by atoms with E-state index in [-0.39, 0.29) is 5.91 Å². The first-order chi connectivity index (χ1) is 11.7. The number of fused-ring (bicyclic) bond motifs is 1. The van der Waals surface area contributed by atoms with Gasteiger partial charge in [-0.3, -0.25) is 9.78 Å². The molecule has 0 spiro atoms. The molecule has 2 aliphatic heterocycles. The molecule has 7 nitrogen and oxygen atoms in total. The number of rotatable bonds is 3. The third-order valence-corrected chi connectivity index (χ3v) is 4.94. The number of aromatic nitrogens is 4. The summed E-state index contributed by atoms with van der Waals surface area (Å²) < 4.78 is 0. The van der Waals surface area contributed by atoms with Gasteiger partial charge in [0.15, 0.2) is 0 Å². The van der Waals surface area contributed by atoms with Gasteiger partial charge in [0, 0.05) is 62.8 Å². The van der Waals surface area contributed by atoms with Crippen LogP contribution in [0, 0.1) is 11.8 Å². The Morgan fingerprint density at radius 1 is 1.04 bits per heavy atom. The Kier molecular flexibility index (Phi) is 3.84. The van der Waals surface area contributed by atoms with Crippen LogP contribution >= 0.6 is 0 Å². The van der Waals surface area contributed by atoms with Gasteiger partial charge in [-0.15, -0.1) is 0 Å². The SMILES string of the molecule is CCc1cnc(N2C[C@H]3CN(C(=O)c4cnccn4)C[C@H]3C2)nc1. The average Bonchev–Trinajstić information content (AvgIpc) is 3.21. The molecular weight excluding hydrogens is 304 g/mol. The fourth-order valence-electron chi connectivity index (χ4n) is 3.59. The van der Waals surface area contributed by atoms with E-state index < -0.39 is 0 Å². The smallest absolute Gasteiger partial charge is 0.274 e. The maximum Gasteiger partial charge on any atom is 0.274 e. The Hall–Kier alpha value is -2.57. The highest BCUT2D eigenvalue weighted by Gasteiger charge is 2.42. The van der Waals surface area contributed by atoms with E-state index in [2.05, 4.69) is 31.8 Å². The molecule has 2 fully saturated rings. The van der Waals surface area contributed by atoms with Crippen molar-refractivity contribution in [3.63, 3.8) is 0 Å². The topological polar surface area (TPSA) is 75.1 Å². The molecule has 124 valence electrons. The average molecular weight is 324 g/mol. The van der Waals surface area contributed by atoms with Crippen LogP contribution < -0.4 is 4.90 Å². The van der Waals surface area contributed by atoms with E-state index in [1.165, 1.54) is 6.20 Å². The third kappa shape index (κ3) is 2.70. The number of carbonyl (C=O) groups is 1. The van der Waals surface area contributed by atoms with Gasteiger partial charge in [0.05, 0.1) is 6.20 Å². The van der Waals surface area contributed by atoms with Crippen molar-refractivity contribution in [2.24, 2.45) is 11.8 Å². The molecule has 2 atom stereocenters. The number of anilines is 1. The molecule has 0 saturated carbocycles. The lowest BCUT2D eigenvalue weighted by Crippen LogP contribution is -2.34. The second-order valence-electron chi connectivity index (χ2n) is 6.47. The molecule has 2 saturated heterocycles. The minimum absolute atomic E-state index is 0.0207. The maximum absolute atomic E-state index is 12.5. The van der Waals surface area contributed by atoms with E-state index in [9.17, 15) is 4.79 Å². The molecule has 0 aromatic carbocycles. The summed E-state index contributed by atoms with van der Waals surface area (Å²) in [5.74, 6) is 1.72. The molecule has 0 bridgehead atoms. The van der Waals surface area contributed by atoms with E-state index in [1.807, 2.05) is 17.3 Å². The summed E-state index contributed by atoms with van der Waals surface area (Å²) in [5, 5.41) is 0. The van der Waals surface area contributed by atoms with Crippen LogP contribution in [-0.2, 0) is 6.42 Å². The summed E-state index contributed by atoms with van der Waals surface area (Å²) >= 11 is 0. The lowest BCUT2D eigenvalue weighted by Gasteiger charge is -2.21. The van der Waals surface area contributed by atoms with Crippen LogP contribution in [0.5, 0.6) is 0 Å². The Bertz CT molecular complexity index is 706. The molecule has 0 N–H and O–H groups in total. The first-order valence-corrected chi connectivity index (χ1v) is 8.35. The number of hydrogen-bond acceptors (Lipinski definition) is 6. The quantitative estimate of drug-likeness (QED) is 0.840. The predicted octanol–water partition coefficient (Wildman–Crippen LogP) is 1.04. The molecule has 0 unspecified atom stereocenters. The fourth-order valence-corrected chi connectivity index (χ4v) is 3.59. The van der Waals surface area contributed by atoms with Gasteiger partial charge >= 0.3 is 0 Å². The maximum atomic E-state index is 12.5.